The summed E-state index contributed by atoms with van der Waals surface area (Å²) >= 11 is 3.32. The Kier molecular flexibility index (Phi) is 6.07. The molecule has 6 heteroatoms. The van der Waals surface area contributed by atoms with E-state index in [1.165, 1.54) is 6.07 Å². The van der Waals surface area contributed by atoms with E-state index < -0.39 is 0 Å². The molecule has 0 fully saturated rings. The van der Waals surface area contributed by atoms with Crippen molar-refractivity contribution >= 4 is 27.3 Å². The van der Waals surface area contributed by atoms with Gasteiger partial charge in [0, 0.05) is 23.7 Å². The van der Waals surface area contributed by atoms with Gasteiger partial charge in [0.25, 0.3) is 5.69 Å². The van der Waals surface area contributed by atoms with E-state index in [0.29, 0.717) is 12.3 Å². The molecule has 0 aliphatic heterocycles. The number of hydrogen-bond donors (Lipinski definition) is 1. The summed E-state index contributed by atoms with van der Waals surface area (Å²) in [4.78, 5) is 10.6. The van der Waals surface area contributed by atoms with E-state index in [9.17, 15) is 10.1 Å². The maximum absolute atomic E-state index is 10.9. The first-order valence-electron chi connectivity index (χ1n) is 5.77. The van der Waals surface area contributed by atoms with E-state index in [2.05, 4.69) is 28.2 Å². The fourth-order valence-electron chi connectivity index (χ4n) is 1.75. The highest BCUT2D eigenvalue weighted by molar-refractivity contribution is 9.10. The molecular weight excluding hydrogens is 300 g/mol. The largest absolute Gasteiger partial charge is 0.383 e. The molecule has 0 bridgehead atoms. The van der Waals surface area contributed by atoms with Crippen LogP contribution in [0.2, 0.25) is 0 Å². The summed E-state index contributed by atoms with van der Waals surface area (Å²) in [6.45, 7) is 2.59. The summed E-state index contributed by atoms with van der Waals surface area (Å²) in [6.07, 6.45) is 1.89. The maximum Gasteiger partial charge on any atom is 0.292 e. The number of nitro groups is 1. The van der Waals surface area contributed by atoms with Gasteiger partial charge in [-0.25, -0.2) is 0 Å². The highest BCUT2D eigenvalue weighted by atomic mass is 79.9. The average Bonchev–Trinajstić information content (AvgIpc) is 2.29. The Morgan fingerprint density at radius 1 is 1.56 bits per heavy atom. The third kappa shape index (κ3) is 4.27. The average molecular weight is 317 g/mol. The molecule has 0 saturated carbocycles. The van der Waals surface area contributed by atoms with Crippen LogP contribution < -0.4 is 5.32 Å². The molecule has 0 aromatic heterocycles. The minimum atomic E-state index is -0.384. The number of methoxy groups -OCH3 is 1. The molecule has 1 rings (SSSR count). The Balaban J connectivity index is 2.92. The highest BCUT2D eigenvalue weighted by Crippen LogP contribution is 2.28. The van der Waals surface area contributed by atoms with E-state index in [0.717, 1.165) is 17.3 Å². The molecule has 1 aromatic carbocycles. The van der Waals surface area contributed by atoms with Crippen LogP contribution in [0, 0.1) is 10.1 Å². The van der Waals surface area contributed by atoms with Crippen molar-refractivity contribution in [2.45, 2.75) is 25.8 Å². The van der Waals surface area contributed by atoms with Crippen LogP contribution in [0.25, 0.3) is 0 Å². The SMILES string of the molecule is CCCC(COC)Nc1cc(Br)ccc1[N+](=O)[O-]. The number of benzene rings is 1. The first-order valence-corrected chi connectivity index (χ1v) is 6.57. The molecule has 1 unspecified atom stereocenters. The van der Waals surface area contributed by atoms with Gasteiger partial charge in [-0.2, -0.15) is 0 Å². The number of halogens is 1. The Labute approximate surface area is 115 Å². The Morgan fingerprint density at radius 3 is 2.83 bits per heavy atom. The quantitative estimate of drug-likeness (QED) is 0.616. The molecule has 0 saturated heterocycles. The van der Waals surface area contributed by atoms with Gasteiger partial charge in [-0.3, -0.25) is 10.1 Å². The fraction of sp³-hybridized carbons (Fsp3) is 0.500. The number of rotatable bonds is 7. The van der Waals surface area contributed by atoms with Crippen molar-refractivity contribution in [3.05, 3.63) is 32.8 Å². The number of hydrogen-bond acceptors (Lipinski definition) is 4. The molecule has 100 valence electrons. The van der Waals surface area contributed by atoms with E-state index in [1.807, 2.05) is 0 Å². The zero-order valence-corrected chi connectivity index (χ0v) is 12.1. The molecule has 1 atom stereocenters. The zero-order chi connectivity index (χ0) is 13.5. The first-order chi connectivity index (χ1) is 8.58. The summed E-state index contributed by atoms with van der Waals surface area (Å²) in [7, 11) is 1.62. The lowest BCUT2D eigenvalue weighted by atomic mass is 10.1. The lowest BCUT2D eigenvalue weighted by Crippen LogP contribution is -2.25. The summed E-state index contributed by atoms with van der Waals surface area (Å²) in [6, 6.07) is 4.95. The van der Waals surface area contributed by atoms with Gasteiger partial charge >= 0.3 is 0 Å². The standard InChI is InChI=1S/C12H17BrN2O3/c1-3-4-10(8-18-2)14-11-7-9(13)5-6-12(11)15(16)17/h5-7,10,14H,3-4,8H2,1-2H3. The van der Waals surface area contributed by atoms with Crippen molar-refractivity contribution in [1.29, 1.82) is 0 Å². The molecule has 0 amide bonds. The van der Waals surface area contributed by atoms with Gasteiger partial charge in [0.2, 0.25) is 0 Å². The molecule has 18 heavy (non-hydrogen) atoms. The molecule has 1 N–H and O–H groups in total. The van der Waals surface area contributed by atoms with Gasteiger partial charge in [-0.05, 0) is 18.6 Å². The Morgan fingerprint density at radius 2 is 2.28 bits per heavy atom. The van der Waals surface area contributed by atoms with Gasteiger partial charge in [-0.15, -0.1) is 0 Å². The lowest BCUT2D eigenvalue weighted by Gasteiger charge is -2.18. The molecule has 5 nitrogen and oxygen atoms in total. The van der Waals surface area contributed by atoms with Crippen molar-refractivity contribution in [3.8, 4) is 0 Å². The Hall–Kier alpha value is -1.14. The van der Waals surface area contributed by atoms with Crippen molar-refractivity contribution in [2.75, 3.05) is 19.0 Å². The van der Waals surface area contributed by atoms with Crippen LogP contribution in [0.15, 0.2) is 22.7 Å². The van der Waals surface area contributed by atoms with Gasteiger partial charge in [0.15, 0.2) is 0 Å². The van der Waals surface area contributed by atoms with Crippen LogP contribution in [0.4, 0.5) is 11.4 Å². The number of anilines is 1. The first kappa shape index (κ1) is 14.9. The van der Waals surface area contributed by atoms with Gasteiger partial charge in [-0.1, -0.05) is 29.3 Å². The number of nitrogens with zero attached hydrogens (tertiary/aromatic N) is 1. The van der Waals surface area contributed by atoms with E-state index in [4.69, 9.17) is 4.74 Å². The Bertz CT molecular complexity index is 406. The second-order valence-corrected chi connectivity index (χ2v) is 4.92. The monoisotopic (exact) mass is 316 g/mol. The van der Waals surface area contributed by atoms with Crippen molar-refractivity contribution in [1.82, 2.24) is 0 Å². The van der Waals surface area contributed by atoms with Gasteiger partial charge < -0.3 is 10.1 Å². The summed E-state index contributed by atoms with van der Waals surface area (Å²) in [5, 5.41) is 14.1. The van der Waals surface area contributed by atoms with Gasteiger partial charge in [0.1, 0.15) is 5.69 Å². The molecule has 0 heterocycles. The third-order valence-electron chi connectivity index (χ3n) is 2.52. The van der Waals surface area contributed by atoms with Crippen LogP contribution in [-0.2, 0) is 4.74 Å². The number of ether oxygens (including phenoxy) is 1. The predicted octanol–water partition coefficient (Wildman–Crippen LogP) is 3.58. The summed E-state index contributed by atoms with van der Waals surface area (Å²) in [5.74, 6) is 0. The third-order valence-corrected chi connectivity index (χ3v) is 3.01. The van der Waals surface area contributed by atoms with Crippen LogP contribution in [0.3, 0.4) is 0 Å². The zero-order valence-electron chi connectivity index (χ0n) is 10.5. The molecule has 0 radical (unpaired) electrons. The van der Waals surface area contributed by atoms with Gasteiger partial charge in [0.05, 0.1) is 11.5 Å². The predicted molar refractivity (Wildman–Crippen MR) is 75.0 cm³/mol. The highest BCUT2D eigenvalue weighted by Gasteiger charge is 2.17. The van der Waals surface area contributed by atoms with E-state index in [1.54, 1.807) is 19.2 Å². The van der Waals surface area contributed by atoms with Crippen LogP contribution in [0.1, 0.15) is 19.8 Å². The van der Waals surface area contributed by atoms with E-state index >= 15 is 0 Å². The maximum atomic E-state index is 10.9. The molecule has 1 aromatic rings. The lowest BCUT2D eigenvalue weighted by molar-refractivity contribution is -0.384. The van der Waals surface area contributed by atoms with Crippen LogP contribution in [0.5, 0.6) is 0 Å². The van der Waals surface area contributed by atoms with Crippen LogP contribution in [-0.4, -0.2) is 24.7 Å². The second kappa shape index (κ2) is 7.33. The van der Waals surface area contributed by atoms with Crippen molar-refractivity contribution in [3.63, 3.8) is 0 Å². The van der Waals surface area contributed by atoms with Crippen LogP contribution >= 0.6 is 15.9 Å². The fourth-order valence-corrected chi connectivity index (χ4v) is 2.11. The number of nitro benzene ring substituents is 1. The topological polar surface area (TPSA) is 64.4 Å². The molecule has 0 spiro atoms. The number of nitrogens with one attached hydrogen (secondary N) is 1. The minimum absolute atomic E-state index is 0.0769. The summed E-state index contributed by atoms with van der Waals surface area (Å²) < 4.78 is 5.92. The van der Waals surface area contributed by atoms with Crippen molar-refractivity contribution < 1.29 is 9.66 Å². The minimum Gasteiger partial charge on any atom is -0.383 e. The molecule has 0 aliphatic carbocycles. The normalized spacial score (nSPS) is 12.2. The second-order valence-electron chi connectivity index (χ2n) is 4.00. The smallest absolute Gasteiger partial charge is 0.292 e. The van der Waals surface area contributed by atoms with E-state index in [-0.39, 0.29) is 16.7 Å². The molecular formula is C12H17BrN2O3. The molecule has 0 aliphatic rings. The van der Waals surface area contributed by atoms with Crippen molar-refractivity contribution in [2.24, 2.45) is 0 Å². The summed E-state index contributed by atoms with van der Waals surface area (Å²) in [5.41, 5.74) is 0.597.